The average molecular weight is 445 g/mol. The molecular formula is C24H34N3O3S+. The number of aryl methyl sites for hydroxylation is 2. The Balaban J connectivity index is 1.62. The SMILES string of the molecule is Cc1ccc(Sc2ccccc2N2CCN(C(=O)O[C@@H](O)C[N+](C)(C)C)CC2)c(C)c1. The number of carbonyl (C=O) groups is 1. The number of anilines is 1. The number of aliphatic hydroxyl groups is 1. The molecule has 3 rings (SSSR count). The van der Waals surface area contributed by atoms with Crippen molar-refractivity contribution in [3.05, 3.63) is 53.6 Å². The van der Waals surface area contributed by atoms with Crippen molar-refractivity contribution < 1.29 is 19.1 Å². The quantitative estimate of drug-likeness (QED) is 0.543. The predicted octanol–water partition coefficient (Wildman–Crippen LogP) is 3.74. The fourth-order valence-electron chi connectivity index (χ4n) is 3.66. The molecule has 7 heteroatoms. The van der Waals surface area contributed by atoms with Gasteiger partial charge in [0.25, 0.3) is 6.29 Å². The Morgan fingerprint density at radius 1 is 1.06 bits per heavy atom. The number of nitrogens with zero attached hydrogens (tertiary/aromatic N) is 3. The number of quaternary nitrogens is 1. The number of piperazine rings is 1. The molecule has 1 amide bonds. The van der Waals surface area contributed by atoms with E-state index in [1.807, 2.05) is 21.1 Å². The van der Waals surface area contributed by atoms with Crippen LogP contribution in [0.25, 0.3) is 0 Å². The Morgan fingerprint density at radius 2 is 1.74 bits per heavy atom. The second-order valence-electron chi connectivity index (χ2n) is 9.12. The fraction of sp³-hybridized carbons (Fsp3) is 0.458. The standard InChI is InChI=1S/C24H34N3O3S/c1-18-10-11-21(19(2)16-18)31-22-9-7-6-8-20(22)25-12-14-26(15-13-25)24(29)30-23(28)17-27(3,4)5/h6-11,16,23,28H,12-15,17H2,1-5H3/q+1/t23-/m1/s1. The lowest BCUT2D eigenvalue weighted by Gasteiger charge is -2.36. The summed E-state index contributed by atoms with van der Waals surface area (Å²) < 4.78 is 5.76. The summed E-state index contributed by atoms with van der Waals surface area (Å²) in [6.45, 7) is 7.21. The highest BCUT2D eigenvalue weighted by atomic mass is 32.2. The molecule has 2 aromatic rings. The van der Waals surface area contributed by atoms with Gasteiger partial charge in [-0.15, -0.1) is 0 Å². The van der Waals surface area contributed by atoms with Crippen LogP contribution >= 0.6 is 11.8 Å². The number of likely N-dealkylation sites (N-methyl/N-ethyl adjacent to an activating group) is 1. The molecule has 6 nitrogen and oxygen atoms in total. The maximum atomic E-state index is 12.4. The van der Waals surface area contributed by atoms with Gasteiger partial charge in [0.15, 0.2) is 0 Å². The average Bonchev–Trinajstić information content (AvgIpc) is 2.69. The molecule has 0 unspecified atom stereocenters. The number of benzene rings is 2. The van der Waals surface area contributed by atoms with E-state index in [0.717, 1.165) is 13.1 Å². The second-order valence-corrected chi connectivity index (χ2v) is 10.2. The molecular weight excluding hydrogens is 410 g/mol. The van der Waals surface area contributed by atoms with Crippen LogP contribution in [0.4, 0.5) is 10.5 Å². The van der Waals surface area contributed by atoms with Crippen molar-refractivity contribution in [2.75, 3.05) is 58.8 Å². The van der Waals surface area contributed by atoms with E-state index < -0.39 is 12.4 Å². The maximum absolute atomic E-state index is 12.4. The number of carbonyl (C=O) groups excluding carboxylic acids is 1. The fourth-order valence-corrected chi connectivity index (χ4v) is 4.70. The summed E-state index contributed by atoms with van der Waals surface area (Å²) >= 11 is 1.78. The monoisotopic (exact) mass is 444 g/mol. The number of hydrogen-bond acceptors (Lipinski definition) is 5. The minimum Gasteiger partial charge on any atom is -0.413 e. The van der Waals surface area contributed by atoms with E-state index in [1.165, 1.54) is 26.6 Å². The molecule has 0 saturated carbocycles. The Morgan fingerprint density at radius 3 is 2.39 bits per heavy atom. The topological polar surface area (TPSA) is 53.0 Å². The first kappa shape index (κ1) is 23.4. The first-order valence-corrected chi connectivity index (χ1v) is 11.5. The Labute approximate surface area is 190 Å². The number of hydrogen-bond donors (Lipinski definition) is 1. The highest BCUT2D eigenvalue weighted by molar-refractivity contribution is 7.99. The Kier molecular flexibility index (Phi) is 7.51. The summed E-state index contributed by atoms with van der Waals surface area (Å²) in [5.41, 5.74) is 3.73. The Hall–Kier alpha value is -2.22. The second kappa shape index (κ2) is 9.94. The number of rotatable bonds is 6. The molecule has 0 radical (unpaired) electrons. The smallest absolute Gasteiger partial charge is 0.412 e. The maximum Gasteiger partial charge on any atom is 0.412 e. The van der Waals surface area contributed by atoms with E-state index in [-0.39, 0.29) is 0 Å². The van der Waals surface area contributed by atoms with E-state index in [0.29, 0.717) is 24.1 Å². The van der Waals surface area contributed by atoms with Crippen LogP contribution in [0.15, 0.2) is 52.3 Å². The number of amides is 1. The predicted molar refractivity (Wildman–Crippen MR) is 126 cm³/mol. The van der Waals surface area contributed by atoms with Gasteiger partial charge in [0.1, 0.15) is 6.54 Å². The lowest BCUT2D eigenvalue weighted by atomic mass is 10.2. The van der Waals surface area contributed by atoms with Crippen LogP contribution in [0.1, 0.15) is 11.1 Å². The van der Waals surface area contributed by atoms with Crippen molar-refractivity contribution in [3.8, 4) is 0 Å². The van der Waals surface area contributed by atoms with Gasteiger partial charge in [0.2, 0.25) is 0 Å². The number of aliphatic hydroxyl groups excluding tert-OH is 1. The van der Waals surface area contributed by atoms with E-state index >= 15 is 0 Å². The zero-order valence-corrected chi connectivity index (χ0v) is 20.0. The minimum absolute atomic E-state index is 0.356. The van der Waals surface area contributed by atoms with Gasteiger partial charge >= 0.3 is 6.09 Å². The summed E-state index contributed by atoms with van der Waals surface area (Å²) in [7, 11) is 5.84. The van der Waals surface area contributed by atoms with Crippen LogP contribution in [0.2, 0.25) is 0 Å². The molecule has 31 heavy (non-hydrogen) atoms. The zero-order valence-electron chi connectivity index (χ0n) is 19.2. The van der Waals surface area contributed by atoms with Crippen LogP contribution in [-0.2, 0) is 4.74 Å². The van der Waals surface area contributed by atoms with E-state index in [2.05, 4.69) is 61.2 Å². The Bertz CT molecular complexity index is 905. The summed E-state index contributed by atoms with van der Waals surface area (Å²) in [5.74, 6) is 0. The van der Waals surface area contributed by atoms with E-state index in [9.17, 15) is 9.90 Å². The summed E-state index contributed by atoms with van der Waals surface area (Å²) in [6.07, 6.45) is -1.54. The summed E-state index contributed by atoms with van der Waals surface area (Å²) in [5, 5.41) is 10.0. The highest BCUT2D eigenvalue weighted by Gasteiger charge is 2.27. The van der Waals surface area contributed by atoms with Crippen LogP contribution in [0.3, 0.4) is 0 Å². The first-order valence-electron chi connectivity index (χ1n) is 10.7. The molecule has 1 atom stereocenters. The molecule has 1 aliphatic heterocycles. The highest BCUT2D eigenvalue weighted by Crippen LogP contribution is 2.37. The van der Waals surface area contributed by atoms with Crippen molar-refractivity contribution in [2.24, 2.45) is 0 Å². The largest absolute Gasteiger partial charge is 0.413 e. The summed E-state index contributed by atoms with van der Waals surface area (Å²) in [4.78, 5) is 18.9. The molecule has 1 heterocycles. The first-order chi connectivity index (χ1) is 14.6. The minimum atomic E-state index is -1.10. The van der Waals surface area contributed by atoms with Gasteiger partial charge in [-0.3, -0.25) is 0 Å². The molecule has 168 valence electrons. The molecule has 1 N–H and O–H groups in total. The normalized spacial score (nSPS) is 15.7. The van der Waals surface area contributed by atoms with Gasteiger partial charge in [-0.1, -0.05) is 41.6 Å². The molecule has 1 fully saturated rings. The van der Waals surface area contributed by atoms with Crippen molar-refractivity contribution in [3.63, 3.8) is 0 Å². The lowest BCUT2D eigenvalue weighted by molar-refractivity contribution is -0.876. The van der Waals surface area contributed by atoms with Gasteiger partial charge in [-0.2, -0.15) is 0 Å². The molecule has 2 aromatic carbocycles. The number of para-hydroxylation sites is 1. The van der Waals surface area contributed by atoms with E-state index in [1.54, 1.807) is 16.7 Å². The van der Waals surface area contributed by atoms with Crippen LogP contribution < -0.4 is 4.90 Å². The molecule has 1 aliphatic rings. The number of ether oxygens (including phenoxy) is 1. The van der Waals surface area contributed by atoms with E-state index in [4.69, 9.17) is 4.74 Å². The third-order valence-corrected chi connectivity index (χ3v) is 6.48. The van der Waals surface area contributed by atoms with Crippen molar-refractivity contribution in [1.29, 1.82) is 0 Å². The van der Waals surface area contributed by atoms with Gasteiger partial charge in [-0.05, 0) is 37.6 Å². The van der Waals surface area contributed by atoms with Gasteiger partial charge in [0, 0.05) is 36.0 Å². The van der Waals surface area contributed by atoms with Crippen molar-refractivity contribution in [1.82, 2.24) is 4.90 Å². The third-order valence-electron chi connectivity index (χ3n) is 5.23. The zero-order chi connectivity index (χ0) is 22.6. The molecule has 1 saturated heterocycles. The van der Waals surface area contributed by atoms with Crippen LogP contribution in [0, 0.1) is 13.8 Å². The molecule has 0 aliphatic carbocycles. The summed E-state index contributed by atoms with van der Waals surface area (Å²) in [6, 6.07) is 15.0. The molecule has 0 spiro atoms. The van der Waals surface area contributed by atoms with Crippen LogP contribution in [-0.4, -0.2) is 80.7 Å². The van der Waals surface area contributed by atoms with Crippen LogP contribution in [0.5, 0.6) is 0 Å². The third kappa shape index (κ3) is 6.63. The van der Waals surface area contributed by atoms with Crippen molar-refractivity contribution in [2.45, 2.75) is 29.9 Å². The molecule has 0 bridgehead atoms. The van der Waals surface area contributed by atoms with Gasteiger partial charge in [0.05, 0.1) is 26.8 Å². The van der Waals surface area contributed by atoms with Crippen molar-refractivity contribution >= 4 is 23.5 Å². The molecule has 0 aromatic heterocycles. The van der Waals surface area contributed by atoms with Gasteiger partial charge < -0.3 is 24.1 Å². The lowest BCUT2D eigenvalue weighted by Crippen LogP contribution is -2.51. The van der Waals surface area contributed by atoms with Gasteiger partial charge in [-0.25, -0.2) is 4.79 Å².